The normalized spacial score (nSPS) is 10.4. The average molecular weight is 300 g/mol. The third-order valence-electron chi connectivity index (χ3n) is 2.97. The minimum Gasteiger partial charge on any atom is -0.497 e. The maximum absolute atomic E-state index is 11.7. The van der Waals surface area contributed by atoms with Crippen molar-refractivity contribution in [1.29, 1.82) is 0 Å². The van der Waals surface area contributed by atoms with Crippen molar-refractivity contribution in [1.82, 2.24) is 0 Å². The minimum absolute atomic E-state index is 0.128. The van der Waals surface area contributed by atoms with Crippen LogP contribution in [0.3, 0.4) is 0 Å². The maximum Gasteiger partial charge on any atom is 0.338 e. The molecule has 0 radical (unpaired) electrons. The van der Waals surface area contributed by atoms with Crippen molar-refractivity contribution in [3.8, 4) is 11.5 Å². The van der Waals surface area contributed by atoms with Gasteiger partial charge in [0.05, 0.1) is 18.8 Å². The molecular weight excluding hydrogens is 280 g/mol. The minimum atomic E-state index is -0.325. The molecule has 2 aromatic carbocycles. The van der Waals surface area contributed by atoms with Gasteiger partial charge in [0.2, 0.25) is 0 Å². The van der Waals surface area contributed by atoms with E-state index in [9.17, 15) is 4.79 Å². The van der Waals surface area contributed by atoms with Crippen LogP contribution in [-0.4, -0.2) is 19.2 Å². The second-order valence-corrected chi connectivity index (χ2v) is 5.12. The van der Waals surface area contributed by atoms with Crippen LogP contribution >= 0.6 is 0 Å². The van der Waals surface area contributed by atoms with Gasteiger partial charge in [0.15, 0.2) is 0 Å². The van der Waals surface area contributed by atoms with Crippen LogP contribution in [0.25, 0.3) is 0 Å². The van der Waals surface area contributed by atoms with Gasteiger partial charge in [-0.3, -0.25) is 0 Å². The van der Waals surface area contributed by atoms with E-state index < -0.39 is 0 Å². The lowest BCUT2D eigenvalue weighted by Crippen LogP contribution is -2.11. The lowest BCUT2D eigenvalue weighted by Gasteiger charge is -2.10. The standard InChI is InChI=1S/C18H20O4/c1-13(2)22-18(19)15-7-9-16(10-8-15)21-12-14-5-4-6-17(11-14)20-3/h4-11,13H,12H2,1-3H3. The Labute approximate surface area is 130 Å². The number of benzene rings is 2. The SMILES string of the molecule is COc1cccc(COc2ccc(C(=O)OC(C)C)cc2)c1. The van der Waals surface area contributed by atoms with Gasteiger partial charge < -0.3 is 14.2 Å². The van der Waals surface area contributed by atoms with Gasteiger partial charge in [-0.25, -0.2) is 4.79 Å². The molecule has 116 valence electrons. The van der Waals surface area contributed by atoms with Crippen LogP contribution in [0.2, 0.25) is 0 Å². The molecule has 0 fully saturated rings. The van der Waals surface area contributed by atoms with Gasteiger partial charge >= 0.3 is 5.97 Å². The van der Waals surface area contributed by atoms with Crippen LogP contribution in [0.15, 0.2) is 48.5 Å². The van der Waals surface area contributed by atoms with Gasteiger partial charge in [-0.05, 0) is 55.8 Å². The molecule has 0 bridgehead atoms. The van der Waals surface area contributed by atoms with Gasteiger partial charge in [0.1, 0.15) is 18.1 Å². The summed E-state index contributed by atoms with van der Waals surface area (Å²) in [6.07, 6.45) is -0.128. The Bertz CT molecular complexity index is 617. The van der Waals surface area contributed by atoms with Crippen LogP contribution < -0.4 is 9.47 Å². The predicted molar refractivity (Wildman–Crippen MR) is 84.3 cm³/mol. The van der Waals surface area contributed by atoms with Crippen LogP contribution in [0.1, 0.15) is 29.8 Å². The van der Waals surface area contributed by atoms with Crippen molar-refractivity contribution in [2.24, 2.45) is 0 Å². The number of carbonyl (C=O) groups is 1. The second kappa shape index (κ2) is 7.50. The van der Waals surface area contributed by atoms with Crippen molar-refractivity contribution in [3.63, 3.8) is 0 Å². The molecule has 0 heterocycles. The fourth-order valence-electron chi connectivity index (χ4n) is 1.90. The molecule has 2 aromatic rings. The maximum atomic E-state index is 11.7. The summed E-state index contributed by atoms with van der Waals surface area (Å²) in [4.78, 5) is 11.7. The van der Waals surface area contributed by atoms with Gasteiger partial charge in [-0.15, -0.1) is 0 Å². The van der Waals surface area contributed by atoms with E-state index in [0.29, 0.717) is 17.9 Å². The predicted octanol–water partition coefficient (Wildman–Crippen LogP) is 3.84. The molecule has 2 rings (SSSR count). The summed E-state index contributed by atoms with van der Waals surface area (Å²) in [7, 11) is 1.63. The van der Waals surface area contributed by atoms with Gasteiger partial charge in [0, 0.05) is 0 Å². The molecule has 0 spiro atoms. The Hall–Kier alpha value is -2.49. The number of hydrogen-bond acceptors (Lipinski definition) is 4. The van der Waals surface area contributed by atoms with Gasteiger partial charge in [-0.1, -0.05) is 12.1 Å². The van der Waals surface area contributed by atoms with Crippen LogP contribution in [-0.2, 0) is 11.3 Å². The van der Waals surface area contributed by atoms with Crippen molar-refractivity contribution < 1.29 is 19.0 Å². The first-order valence-corrected chi connectivity index (χ1v) is 7.15. The van der Waals surface area contributed by atoms with E-state index in [-0.39, 0.29) is 12.1 Å². The van der Waals surface area contributed by atoms with E-state index in [0.717, 1.165) is 11.3 Å². The Balaban J connectivity index is 1.95. The van der Waals surface area contributed by atoms with E-state index in [1.807, 2.05) is 38.1 Å². The number of carbonyl (C=O) groups excluding carboxylic acids is 1. The Kier molecular flexibility index (Phi) is 5.42. The largest absolute Gasteiger partial charge is 0.497 e. The first-order chi connectivity index (χ1) is 10.6. The highest BCUT2D eigenvalue weighted by molar-refractivity contribution is 5.89. The molecule has 0 aliphatic rings. The topological polar surface area (TPSA) is 44.8 Å². The van der Waals surface area contributed by atoms with Crippen LogP contribution in [0.5, 0.6) is 11.5 Å². The number of rotatable bonds is 6. The lowest BCUT2D eigenvalue weighted by molar-refractivity contribution is 0.0378. The van der Waals surface area contributed by atoms with Gasteiger partial charge in [0.25, 0.3) is 0 Å². The summed E-state index contributed by atoms with van der Waals surface area (Å²) in [6, 6.07) is 14.6. The molecule has 0 atom stereocenters. The second-order valence-electron chi connectivity index (χ2n) is 5.12. The molecular formula is C18H20O4. The third-order valence-corrected chi connectivity index (χ3v) is 2.97. The Morgan fingerprint density at radius 2 is 1.77 bits per heavy atom. The summed E-state index contributed by atoms with van der Waals surface area (Å²) >= 11 is 0. The fourth-order valence-corrected chi connectivity index (χ4v) is 1.90. The molecule has 0 aliphatic carbocycles. The van der Waals surface area contributed by atoms with Crippen molar-refractivity contribution in [2.75, 3.05) is 7.11 Å². The zero-order chi connectivity index (χ0) is 15.9. The lowest BCUT2D eigenvalue weighted by atomic mass is 10.2. The highest BCUT2D eigenvalue weighted by Crippen LogP contribution is 2.17. The van der Waals surface area contributed by atoms with E-state index in [1.54, 1.807) is 31.4 Å². The molecule has 0 N–H and O–H groups in total. The Morgan fingerprint density at radius 3 is 2.41 bits per heavy atom. The monoisotopic (exact) mass is 300 g/mol. The molecule has 0 amide bonds. The number of methoxy groups -OCH3 is 1. The summed E-state index contributed by atoms with van der Waals surface area (Å²) < 4.78 is 16.0. The molecule has 22 heavy (non-hydrogen) atoms. The van der Waals surface area contributed by atoms with E-state index in [1.165, 1.54) is 0 Å². The molecule has 0 unspecified atom stereocenters. The molecule has 0 saturated heterocycles. The number of hydrogen-bond donors (Lipinski definition) is 0. The van der Waals surface area contributed by atoms with Crippen molar-refractivity contribution in [2.45, 2.75) is 26.6 Å². The first kappa shape index (κ1) is 15.9. The first-order valence-electron chi connectivity index (χ1n) is 7.15. The van der Waals surface area contributed by atoms with E-state index in [4.69, 9.17) is 14.2 Å². The molecule has 4 nitrogen and oxygen atoms in total. The summed E-state index contributed by atoms with van der Waals surface area (Å²) in [6.45, 7) is 4.08. The number of esters is 1. The summed E-state index contributed by atoms with van der Waals surface area (Å²) in [5.74, 6) is 1.17. The van der Waals surface area contributed by atoms with Crippen molar-refractivity contribution >= 4 is 5.97 Å². The Morgan fingerprint density at radius 1 is 1.05 bits per heavy atom. The van der Waals surface area contributed by atoms with Crippen molar-refractivity contribution in [3.05, 3.63) is 59.7 Å². The molecule has 0 saturated carbocycles. The highest BCUT2D eigenvalue weighted by atomic mass is 16.5. The number of ether oxygens (including phenoxy) is 3. The smallest absolute Gasteiger partial charge is 0.338 e. The van der Waals surface area contributed by atoms with Crippen LogP contribution in [0.4, 0.5) is 0 Å². The zero-order valence-electron chi connectivity index (χ0n) is 13.0. The zero-order valence-corrected chi connectivity index (χ0v) is 13.0. The summed E-state index contributed by atoms with van der Waals surface area (Å²) in [5, 5.41) is 0. The highest BCUT2D eigenvalue weighted by Gasteiger charge is 2.09. The average Bonchev–Trinajstić information content (AvgIpc) is 2.53. The summed E-state index contributed by atoms with van der Waals surface area (Å²) in [5.41, 5.74) is 1.53. The third kappa shape index (κ3) is 4.52. The molecule has 4 heteroatoms. The van der Waals surface area contributed by atoms with Gasteiger partial charge in [-0.2, -0.15) is 0 Å². The van der Waals surface area contributed by atoms with E-state index >= 15 is 0 Å². The van der Waals surface area contributed by atoms with E-state index in [2.05, 4.69) is 0 Å². The van der Waals surface area contributed by atoms with Crippen LogP contribution in [0, 0.1) is 0 Å². The fraction of sp³-hybridized carbons (Fsp3) is 0.278. The quantitative estimate of drug-likeness (QED) is 0.760. The molecule has 0 aromatic heterocycles. The molecule has 0 aliphatic heterocycles.